The topological polar surface area (TPSA) is 71.5 Å². The number of rotatable bonds is 3. The van der Waals surface area contributed by atoms with Gasteiger partial charge in [-0.05, 0) is 25.8 Å². The summed E-state index contributed by atoms with van der Waals surface area (Å²) in [5, 5.41) is 12.1. The predicted octanol–water partition coefficient (Wildman–Crippen LogP) is 1.90. The van der Waals surface area contributed by atoms with E-state index in [0.717, 1.165) is 25.1 Å². The molecule has 1 fully saturated rings. The summed E-state index contributed by atoms with van der Waals surface area (Å²) in [5.41, 5.74) is -0.144. The van der Waals surface area contributed by atoms with Crippen molar-refractivity contribution in [2.45, 2.75) is 31.9 Å². The molecule has 1 aromatic heterocycles. The Hall–Kier alpha value is -1.69. The number of pyridine rings is 1. The fourth-order valence-corrected chi connectivity index (χ4v) is 2.04. The van der Waals surface area contributed by atoms with Crippen LogP contribution in [-0.4, -0.2) is 34.8 Å². The molecule has 0 amide bonds. The third kappa shape index (κ3) is 2.95. The van der Waals surface area contributed by atoms with Gasteiger partial charge in [0.05, 0.1) is 12.3 Å². The molecule has 0 aliphatic carbocycles. The van der Waals surface area contributed by atoms with Gasteiger partial charge in [-0.1, -0.05) is 0 Å². The van der Waals surface area contributed by atoms with Crippen molar-refractivity contribution in [3.63, 3.8) is 0 Å². The van der Waals surface area contributed by atoms with Crippen LogP contribution >= 0.6 is 0 Å². The zero-order valence-corrected chi connectivity index (χ0v) is 10.0. The lowest BCUT2D eigenvalue weighted by molar-refractivity contribution is 0.0231. The predicted molar refractivity (Wildman–Crippen MR) is 63.2 cm³/mol. The van der Waals surface area contributed by atoms with E-state index in [2.05, 4.69) is 10.3 Å². The Morgan fingerprint density at radius 3 is 3.11 bits per heavy atom. The Balaban J connectivity index is 2.15. The first-order chi connectivity index (χ1) is 8.56. The molecule has 6 heteroatoms. The number of hydrogen-bond acceptors (Lipinski definition) is 4. The summed E-state index contributed by atoms with van der Waals surface area (Å²) in [4.78, 5) is 14.8. The van der Waals surface area contributed by atoms with Crippen LogP contribution in [0, 0.1) is 5.82 Å². The van der Waals surface area contributed by atoms with Gasteiger partial charge in [-0.15, -0.1) is 0 Å². The molecule has 1 aliphatic rings. The number of aromatic nitrogens is 1. The minimum atomic E-state index is -1.19. The number of anilines is 1. The second-order valence-corrected chi connectivity index (χ2v) is 4.40. The Morgan fingerprint density at radius 2 is 2.44 bits per heavy atom. The Morgan fingerprint density at radius 1 is 1.67 bits per heavy atom. The summed E-state index contributed by atoms with van der Waals surface area (Å²) >= 11 is 0. The molecule has 1 saturated heterocycles. The highest BCUT2D eigenvalue weighted by Crippen LogP contribution is 2.20. The number of carbonyl (C=O) groups is 1. The van der Waals surface area contributed by atoms with Crippen LogP contribution in [0.1, 0.15) is 30.1 Å². The first-order valence-electron chi connectivity index (χ1n) is 5.83. The molecule has 2 heterocycles. The Bertz CT molecular complexity index is 453. The zero-order chi connectivity index (χ0) is 13.1. The molecule has 0 radical (unpaired) electrons. The molecule has 0 saturated carbocycles. The molecule has 5 nitrogen and oxygen atoms in total. The van der Waals surface area contributed by atoms with Gasteiger partial charge in [-0.25, -0.2) is 14.2 Å². The standard InChI is InChI=1S/C12H15FN2O3/c1-7-4-9(2-3-18-7)15-11-10(12(16)17)5-8(13)6-14-11/h5-7,9H,2-4H2,1H3,(H,14,15)(H,16,17). The zero-order valence-electron chi connectivity index (χ0n) is 10.0. The van der Waals surface area contributed by atoms with Crippen LogP contribution in [0.25, 0.3) is 0 Å². The van der Waals surface area contributed by atoms with Crippen LogP contribution < -0.4 is 5.32 Å². The van der Waals surface area contributed by atoms with Gasteiger partial charge >= 0.3 is 5.97 Å². The third-order valence-electron chi connectivity index (χ3n) is 2.91. The number of hydrogen-bond donors (Lipinski definition) is 2. The maximum Gasteiger partial charge on any atom is 0.339 e. The van der Waals surface area contributed by atoms with Crippen molar-refractivity contribution in [2.75, 3.05) is 11.9 Å². The lowest BCUT2D eigenvalue weighted by atomic mass is 10.0. The highest BCUT2D eigenvalue weighted by molar-refractivity contribution is 5.93. The van der Waals surface area contributed by atoms with Gasteiger partial charge in [-0.3, -0.25) is 0 Å². The second kappa shape index (κ2) is 5.30. The molecule has 1 aromatic rings. The van der Waals surface area contributed by atoms with Gasteiger partial charge in [0.2, 0.25) is 0 Å². The molecule has 0 aromatic carbocycles. The highest BCUT2D eigenvalue weighted by Gasteiger charge is 2.22. The number of nitrogens with one attached hydrogen (secondary N) is 1. The van der Waals surface area contributed by atoms with Crippen molar-refractivity contribution in [1.82, 2.24) is 4.98 Å². The first-order valence-corrected chi connectivity index (χ1v) is 5.83. The first kappa shape index (κ1) is 12.8. The largest absolute Gasteiger partial charge is 0.478 e. The fraction of sp³-hybridized carbons (Fsp3) is 0.500. The summed E-state index contributed by atoms with van der Waals surface area (Å²) in [7, 11) is 0. The lowest BCUT2D eigenvalue weighted by Gasteiger charge is -2.28. The van der Waals surface area contributed by atoms with Crippen LogP contribution in [0.15, 0.2) is 12.3 Å². The van der Waals surface area contributed by atoms with Crippen LogP contribution in [0.2, 0.25) is 0 Å². The van der Waals surface area contributed by atoms with E-state index in [9.17, 15) is 9.18 Å². The van der Waals surface area contributed by atoms with E-state index in [0.29, 0.717) is 6.61 Å². The average Bonchev–Trinajstić information content (AvgIpc) is 2.31. The number of ether oxygens (including phenoxy) is 1. The molecule has 98 valence electrons. The van der Waals surface area contributed by atoms with Gasteiger partial charge in [0.25, 0.3) is 0 Å². The Kier molecular flexibility index (Phi) is 3.76. The number of carboxylic acids is 1. The van der Waals surface area contributed by atoms with E-state index in [1.54, 1.807) is 0 Å². The second-order valence-electron chi connectivity index (χ2n) is 4.40. The molecule has 2 N–H and O–H groups in total. The minimum absolute atomic E-state index is 0.102. The summed E-state index contributed by atoms with van der Waals surface area (Å²) in [6.07, 6.45) is 2.70. The third-order valence-corrected chi connectivity index (χ3v) is 2.91. The maximum atomic E-state index is 13.0. The highest BCUT2D eigenvalue weighted by atomic mass is 19.1. The number of nitrogens with zero attached hydrogens (tertiary/aromatic N) is 1. The number of halogens is 1. The monoisotopic (exact) mass is 254 g/mol. The molecule has 0 spiro atoms. The number of aromatic carboxylic acids is 1. The van der Waals surface area contributed by atoms with Gasteiger partial charge in [0.15, 0.2) is 0 Å². The summed E-state index contributed by atoms with van der Waals surface area (Å²) in [5.74, 6) is -1.63. The van der Waals surface area contributed by atoms with Gasteiger partial charge in [-0.2, -0.15) is 0 Å². The van der Waals surface area contributed by atoms with Crippen LogP contribution in [-0.2, 0) is 4.74 Å². The van der Waals surface area contributed by atoms with Crippen molar-refractivity contribution in [3.05, 3.63) is 23.6 Å². The summed E-state index contributed by atoms with van der Waals surface area (Å²) < 4.78 is 18.4. The minimum Gasteiger partial charge on any atom is -0.478 e. The molecule has 1 aliphatic heterocycles. The van der Waals surface area contributed by atoms with Crippen molar-refractivity contribution in [1.29, 1.82) is 0 Å². The van der Waals surface area contributed by atoms with E-state index in [4.69, 9.17) is 9.84 Å². The summed E-state index contributed by atoms with van der Waals surface area (Å²) in [6, 6.07) is 1.07. The van der Waals surface area contributed by atoms with Crippen molar-refractivity contribution < 1.29 is 19.0 Å². The number of carboxylic acid groups (broad SMARTS) is 1. The summed E-state index contributed by atoms with van der Waals surface area (Å²) in [6.45, 7) is 2.59. The van der Waals surface area contributed by atoms with Crippen LogP contribution in [0.4, 0.5) is 10.2 Å². The van der Waals surface area contributed by atoms with Gasteiger partial charge in [0, 0.05) is 12.6 Å². The van der Waals surface area contributed by atoms with Crippen molar-refractivity contribution in [2.24, 2.45) is 0 Å². The Labute approximate surface area is 104 Å². The SMILES string of the molecule is CC1CC(Nc2ncc(F)cc2C(=O)O)CCO1. The van der Waals surface area contributed by atoms with Gasteiger partial charge < -0.3 is 15.2 Å². The van der Waals surface area contributed by atoms with E-state index < -0.39 is 11.8 Å². The normalized spacial score (nSPS) is 23.7. The average molecular weight is 254 g/mol. The molecular formula is C12H15FN2O3. The molecule has 2 atom stereocenters. The maximum absolute atomic E-state index is 13.0. The fourth-order valence-electron chi connectivity index (χ4n) is 2.04. The van der Waals surface area contributed by atoms with E-state index >= 15 is 0 Å². The quantitative estimate of drug-likeness (QED) is 0.862. The van der Waals surface area contributed by atoms with Gasteiger partial charge in [0.1, 0.15) is 17.2 Å². The molecule has 2 unspecified atom stereocenters. The molecular weight excluding hydrogens is 239 g/mol. The molecule has 0 bridgehead atoms. The van der Waals surface area contributed by atoms with Crippen molar-refractivity contribution >= 4 is 11.8 Å². The smallest absolute Gasteiger partial charge is 0.339 e. The van der Waals surface area contributed by atoms with E-state index in [-0.39, 0.29) is 23.5 Å². The molecule has 2 rings (SSSR count). The van der Waals surface area contributed by atoms with Crippen LogP contribution in [0.3, 0.4) is 0 Å². The van der Waals surface area contributed by atoms with E-state index in [1.807, 2.05) is 6.92 Å². The lowest BCUT2D eigenvalue weighted by Crippen LogP contribution is -2.33. The van der Waals surface area contributed by atoms with Crippen molar-refractivity contribution in [3.8, 4) is 0 Å². The van der Waals surface area contributed by atoms with Crippen LogP contribution in [0.5, 0.6) is 0 Å². The molecule has 18 heavy (non-hydrogen) atoms. The van der Waals surface area contributed by atoms with E-state index in [1.165, 1.54) is 0 Å².